The standard InChI is InChI=1S/C27H17F5/c1-2-3-16-4-6-17(7-5-16)18-8-10-19(11-9-18)20-12-22(28)26(23(29)13-20)21-14-24(30)27(32)25(31)15-21/h2-15H,1H3. The van der Waals surface area contributed by atoms with E-state index in [-0.39, 0.29) is 5.56 Å². The average Bonchev–Trinajstić information content (AvgIpc) is 2.78. The summed E-state index contributed by atoms with van der Waals surface area (Å²) in [5, 5.41) is 0. The van der Waals surface area contributed by atoms with Gasteiger partial charge in [-0.25, -0.2) is 22.0 Å². The Morgan fingerprint density at radius 1 is 0.500 bits per heavy atom. The summed E-state index contributed by atoms with van der Waals surface area (Å²) in [6.45, 7) is 1.95. The number of halogens is 5. The molecule has 4 aromatic carbocycles. The molecule has 0 aromatic heterocycles. The summed E-state index contributed by atoms with van der Waals surface area (Å²) in [5.41, 5.74) is 2.82. The first-order valence-electron chi connectivity index (χ1n) is 9.85. The Labute approximate surface area is 182 Å². The second-order valence-electron chi connectivity index (χ2n) is 7.27. The van der Waals surface area contributed by atoms with Gasteiger partial charge >= 0.3 is 0 Å². The van der Waals surface area contributed by atoms with Gasteiger partial charge in [0.05, 0.1) is 5.56 Å². The summed E-state index contributed by atoms with van der Waals surface area (Å²) >= 11 is 0. The Kier molecular flexibility index (Phi) is 5.91. The lowest BCUT2D eigenvalue weighted by molar-refractivity contribution is 0.447. The highest BCUT2D eigenvalue weighted by Gasteiger charge is 2.18. The van der Waals surface area contributed by atoms with Crippen LogP contribution in [-0.4, -0.2) is 0 Å². The highest BCUT2D eigenvalue weighted by Crippen LogP contribution is 2.33. The Morgan fingerprint density at radius 2 is 0.906 bits per heavy atom. The summed E-state index contributed by atoms with van der Waals surface area (Å²) in [6.07, 6.45) is 3.95. The van der Waals surface area contributed by atoms with Crippen LogP contribution in [0.5, 0.6) is 0 Å². The van der Waals surface area contributed by atoms with Gasteiger partial charge in [0, 0.05) is 0 Å². The molecule has 4 aromatic rings. The monoisotopic (exact) mass is 436 g/mol. The minimum Gasteiger partial charge on any atom is -0.206 e. The second-order valence-corrected chi connectivity index (χ2v) is 7.27. The van der Waals surface area contributed by atoms with Crippen molar-refractivity contribution in [2.24, 2.45) is 0 Å². The van der Waals surface area contributed by atoms with E-state index in [1.165, 1.54) is 0 Å². The zero-order chi connectivity index (χ0) is 22.8. The predicted octanol–water partition coefficient (Wildman–Crippen LogP) is 8.42. The molecule has 0 aliphatic rings. The van der Waals surface area contributed by atoms with Crippen LogP contribution in [0.25, 0.3) is 39.5 Å². The van der Waals surface area contributed by atoms with Crippen molar-refractivity contribution >= 4 is 6.08 Å². The highest BCUT2D eigenvalue weighted by molar-refractivity contribution is 5.74. The van der Waals surface area contributed by atoms with Crippen LogP contribution in [0.1, 0.15) is 12.5 Å². The van der Waals surface area contributed by atoms with E-state index in [4.69, 9.17) is 0 Å². The molecule has 4 rings (SSSR count). The first-order valence-corrected chi connectivity index (χ1v) is 9.85. The van der Waals surface area contributed by atoms with Gasteiger partial charge in [-0.05, 0) is 64.6 Å². The molecule has 0 saturated carbocycles. The van der Waals surface area contributed by atoms with Gasteiger partial charge in [0.2, 0.25) is 0 Å². The average molecular weight is 436 g/mol. The SMILES string of the molecule is CC=Cc1ccc(-c2ccc(-c3cc(F)c(-c4cc(F)c(F)c(F)c4)c(F)c3)cc2)cc1. The number of allylic oxidation sites excluding steroid dienone is 1. The number of rotatable bonds is 4. The van der Waals surface area contributed by atoms with E-state index in [0.717, 1.165) is 28.8 Å². The zero-order valence-corrected chi connectivity index (χ0v) is 17.0. The van der Waals surface area contributed by atoms with Gasteiger partial charge in [0.1, 0.15) is 11.6 Å². The Balaban J connectivity index is 1.66. The van der Waals surface area contributed by atoms with Crippen molar-refractivity contribution < 1.29 is 22.0 Å². The lowest BCUT2D eigenvalue weighted by atomic mass is 9.96. The second kappa shape index (κ2) is 8.79. The van der Waals surface area contributed by atoms with Gasteiger partial charge in [-0.3, -0.25) is 0 Å². The summed E-state index contributed by atoms with van der Waals surface area (Å²) in [5.74, 6) is -6.74. The van der Waals surface area contributed by atoms with Crippen LogP contribution in [0.15, 0.2) is 78.9 Å². The molecule has 0 radical (unpaired) electrons. The molecule has 0 heterocycles. The topological polar surface area (TPSA) is 0 Å². The third-order valence-electron chi connectivity index (χ3n) is 5.14. The summed E-state index contributed by atoms with van der Waals surface area (Å²) in [6, 6.07) is 18.4. The van der Waals surface area contributed by atoms with Crippen LogP contribution in [0.2, 0.25) is 0 Å². The Morgan fingerprint density at radius 3 is 1.38 bits per heavy atom. The fourth-order valence-electron chi connectivity index (χ4n) is 3.55. The molecule has 0 fully saturated rings. The van der Waals surface area contributed by atoms with Crippen LogP contribution in [0.4, 0.5) is 22.0 Å². The maximum atomic E-state index is 14.7. The van der Waals surface area contributed by atoms with Crippen LogP contribution in [-0.2, 0) is 0 Å². The van der Waals surface area contributed by atoms with Crippen LogP contribution >= 0.6 is 0 Å². The van der Waals surface area contributed by atoms with Crippen molar-refractivity contribution in [3.8, 4) is 33.4 Å². The van der Waals surface area contributed by atoms with E-state index >= 15 is 0 Å². The zero-order valence-electron chi connectivity index (χ0n) is 17.0. The summed E-state index contributed by atoms with van der Waals surface area (Å²) in [7, 11) is 0. The van der Waals surface area contributed by atoms with Gasteiger partial charge < -0.3 is 0 Å². The Bertz CT molecular complexity index is 1260. The van der Waals surface area contributed by atoms with Crippen molar-refractivity contribution in [1.82, 2.24) is 0 Å². The smallest absolute Gasteiger partial charge is 0.194 e. The quantitative estimate of drug-likeness (QED) is 0.222. The third kappa shape index (κ3) is 4.19. The molecule has 32 heavy (non-hydrogen) atoms. The third-order valence-corrected chi connectivity index (χ3v) is 5.14. The van der Waals surface area contributed by atoms with Crippen molar-refractivity contribution in [3.63, 3.8) is 0 Å². The molecule has 0 N–H and O–H groups in total. The highest BCUT2D eigenvalue weighted by atomic mass is 19.2. The molecule has 0 amide bonds. The van der Waals surface area contributed by atoms with Crippen LogP contribution in [0, 0.1) is 29.1 Å². The van der Waals surface area contributed by atoms with E-state index in [1.54, 1.807) is 12.1 Å². The minimum absolute atomic E-state index is 0.266. The van der Waals surface area contributed by atoms with E-state index in [2.05, 4.69) is 0 Å². The summed E-state index contributed by atoms with van der Waals surface area (Å²) < 4.78 is 69.6. The molecule has 0 bridgehead atoms. The molecule has 0 atom stereocenters. The molecular weight excluding hydrogens is 419 g/mol. The lowest BCUT2D eigenvalue weighted by Crippen LogP contribution is -1.97. The van der Waals surface area contributed by atoms with Crippen molar-refractivity contribution in [3.05, 3.63) is 114 Å². The summed E-state index contributed by atoms with van der Waals surface area (Å²) in [4.78, 5) is 0. The van der Waals surface area contributed by atoms with E-state index in [0.29, 0.717) is 17.7 Å². The lowest BCUT2D eigenvalue weighted by Gasteiger charge is -2.10. The first kappa shape index (κ1) is 21.5. The maximum Gasteiger partial charge on any atom is 0.194 e. The molecule has 0 nitrogen and oxygen atoms in total. The van der Waals surface area contributed by atoms with E-state index in [1.807, 2.05) is 55.5 Å². The predicted molar refractivity (Wildman–Crippen MR) is 117 cm³/mol. The largest absolute Gasteiger partial charge is 0.206 e. The van der Waals surface area contributed by atoms with Crippen LogP contribution < -0.4 is 0 Å². The molecule has 0 saturated heterocycles. The van der Waals surface area contributed by atoms with Gasteiger partial charge in [-0.1, -0.05) is 60.7 Å². The van der Waals surface area contributed by atoms with Gasteiger partial charge in [0.15, 0.2) is 17.5 Å². The van der Waals surface area contributed by atoms with Crippen LogP contribution in [0.3, 0.4) is 0 Å². The van der Waals surface area contributed by atoms with Gasteiger partial charge in [-0.2, -0.15) is 0 Å². The molecule has 0 spiro atoms. The molecular formula is C27H17F5. The van der Waals surface area contributed by atoms with Crippen molar-refractivity contribution in [2.75, 3.05) is 0 Å². The minimum atomic E-state index is -1.69. The molecule has 0 aliphatic carbocycles. The molecule has 0 aliphatic heterocycles. The van der Waals surface area contributed by atoms with Gasteiger partial charge in [0.25, 0.3) is 0 Å². The molecule has 160 valence electrons. The maximum absolute atomic E-state index is 14.7. The molecule has 5 heteroatoms. The molecule has 0 unspecified atom stereocenters. The fourth-order valence-corrected chi connectivity index (χ4v) is 3.55. The van der Waals surface area contributed by atoms with E-state index < -0.39 is 40.2 Å². The number of hydrogen-bond acceptors (Lipinski definition) is 0. The van der Waals surface area contributed by atoms with E-state index in [9.17, 15) is 22.0 Å². The first-order chi connectivity index (χ1) is 15.4. The van der Waals surface area contributed by atoms with Crippen molar-refractivity contribution in [1.29, 1.82) is 0 Å². The number of hydrogen-bond donors (Lipinski definition) is 0. The Hall–Kier alpha value is -3.73. The van der Waals surface area contributed by atoms with Gasteiger partial charge in [-0.15, -0.1) is 0 Å². The normalized spacial score (nSPS) is 11.3. The fraction of sp³-hybridized carbons (Fsp3) is 0.0370. The number of benzene rings is 4. The van der Waals surface area contributed by atoms with Crippen molar-refractivity contribution in [2.45, 2.75) is 6.92 Å².